The number of carbonyl (C=O) groups excluding carboxylic acids is 2. The van der Waals surface area contributed by atoms with Crippen molar-refractivity contribution in [2.24, 2.45) is 11.0 Å². The fraction of sp³-hybridized carbons (Fsp3) is 0.318. The van der Waals surface area contributed by atoms with Crippen LogP contribution in [0.2, 0.25) is 5.02 Å². The highest BCUT2D eigenvalue weighted by Gasteiger charge is 2.28. The molecule has 0 saturated carbocycles. The summed E-state index contributed by atoms with van der Waals surface area (Å²) in [5.41, 5.74) is 3.80. The standard InChI is InChI=1S/C22H24ClN3O4/c1-29-18-11-17(12-19(13-18)30-2)22(28)26-9-7-15(8-10-26)21(27)25-24-14-16-5-3-4-6-20(16)23/h3-6,11-15H,7-10H2,1-2H3,(H,25,27)/b24-14-. The second-order valence-corrected chi connectivity index (χ2v) is 7.33. The summed E-state index contributed by atoms with van der Waals surface area (Å²) in [7, 11) is 3.09. The number of ether oxygens (including phenoxy) is 2. The van der Waals surface area contributed by atoms with Crippen LogP contribution in [0.1, 0.15) is 28.8 Å². The molecule has 1 aliphatic rings. The summed E-state index contributed by atoms with van der Waals surface area (Å²) in [6.45, 7) is 0.981. The molecule has 0 aromatic heterocycles. The molecule has 2 aromatic carbocycles. The first-order chi connectivity index (χ1) is 14.5. The van der Waals surface area contributed by atoms with Gasteiger partial charge in [0.05, 0.1) is 20.4 Å². The Kier molecular flexibility index (Phi) is 7.30. The number of hydrazone groups is 1. The number of nitrogens with zero attached hydrogens (tertiary/aromatic N) is 2. The molecule has 2 amide bonds. The highest BCUT2D eigenvalue weighted by molar-refractivity contribution is 6.33. The summed E-state index contributed by atoms with van der Waals surface area (Å²) in [5, 5.41) is 4.57. The van der Waals surface area contributed by atoms with Gasteiger partial charge in [0.1, 0.15) is 11.5 Å². The molecule has 0 radical (unpaired) electrons. The molecule has 1 N–H and O–H groups in total. The van der Waals surface area contributed by atoms with E-state index in [9.17, 15) is 9.59 Å². The predicted molar refractivity (Wildman–Crippen MR) is 115 cm³/mol. The van der Waals surface area contributed by atoms with E-state index in [1.54, 1.807) is 43.4 Å². The van der Waals surface area contributed by atoms with Crippen molar-refractivity contribution in [1.82, 2.24) is 10.3 Å². The number of halogens is 1. The first kappa shape index (κ1) is 21.6. The van der Waals surface area contributed by atoms with E-state index in [2.05, 4.69) is 10.5 Å². The van der Waals surface area contributed by atoms with Crippen LogP contribution in [0.25, 0.3) is 0 Å². The minimum atomic E-state index is -0.197. The molecule has 1 aliphatic heterocycles. The van der Waals surface area contributed by atoms with Gasteiger partial charge in [-0.05, 0) is 31.0 Å². The largest absolute Gasteiger partial charge is 0.497 e. The highest BCUT2D eigenvalue weighted by Crippen LogP contribution is 2.25. The Balaban J connectivity index is 1.55. The second kappa shape index (κ2) is 10.1. The van der Waals surface area contributed by atoms with Crippen LogP contribution in [-0.4, -0.2) is 50.2 Å². The van der Waals surface area contributed by atoms with Crippen molar-refractivity contribution >= 4 is 29.6 Å². The Morgan fingerprint density at radius 2 is 1.73 bits per heavy atom. The molecule has 1 heterocycles. The van der Waals surface area contributed by atoms with Crippen LogP contribution >= 0.6 is 11.6 Å². The van der Waals surface area contributed by atoms with Gasteiger partial charge in [-0.1, -0.05) is 29.8 Å². The maximum atomic E-state index is 12.9. The lowest BCUT2D eigenvalue weighted by Gasteiger charge is -2.31. The van der Waals surface area contributed by atoms with E-state index in [-0.39, 0.29) is 17.7 Å². The third-order valence-corrected chi connectivity index (χ3v) is 5.38. The summed E-state index contributed by atoms with van der Waals surface area (Å²) < 4.78 is 10.5. The lowest BCUT2D eigenvalue weighted by Crippen LogP contribution is -2.42. The Morgan fingerprint density at radius 1 is 1.10 bits per heavy atom. The van der Waals surface area contributed by atoms with Crippen molar-refractivity contribution in [2.45, 2.75) is 12.8 Å². The Labute approximate surface area is 180 Å². The summed E-state index contributed by atoms with van der Waals surface area (Å²) in [6, 6.07) is 12.3. The summed E-state index contributed by atoms with van der Waals surface area (Å²) in [6.07, 6.45) is 2.66. The first-order valence-corrected chi connectivity index (χ1v) is 9.99. The van der Waals surface area contributed by atoms with Gasteiger partial charge in [-0.15, -0.1) is 0 Å². The molecular formula is C22H24ClN3O4. The van der Waals surface area contributed by atoms with Gasteiger partial charge in [-0.3, -0.25) is 9.59 Å². The topological polar surface area (TPSA) is 80.2 Å². The van der Waals surface area contributed by atoms with Gasteiger partial charge >= 0.3 is 0 Å². The zero-order valence-corrected chi connectivity index (χ0v) is 17.7. The molecule has 1 fully saturated rings. The average Bonchev–Trinajstić information content (AvgIpc) is 2.79. The molecular weight excluding hydrogens is 406 g/mol. The molecule has 30 heavy (non-hydrogen) atoms. The number of rotatable bonds is 6. The predicted octanol–water partition coefficient (Wildman–Crippen LogP) is 3.36. The van der Waals surface area contributed by atoms with E-state index in [1.807, 2.05) is 18.2 Å². The molecule has 0 spiro atoms. The van der Waals surface area contributed by atoms with Crippen molar-refractivity contribution < 1.29 is 19.1 Å². The quantitative estimate of drug-likeness (QED) is 0.564. The average molecular weight is 430 g/mol. The van der Waals surface area contributed by atoms with Crippen LogP contribution in [0.3, 0.4) is 0 Å². The molecule has 0 atom stereocenters. The number of methoxy groups -OCH3 is 2. The maximum absolute atomic E-state index is 12.9. The van der Waals surface area contributed by atoms with Gasteiger partial charge in [0, 0.05) is 41.2 Å². The SMILES string of the molecule is COc1cc(OC)cc(C(=O)N2CCC(C(=O)N/N=C\c3ccccc3Cl)CC2)c1. The minimum absolute atomic E-state index is 0.109. The number of carbonyl (C=O) groups is 2. The number of nitrogens with one attached hydrogen (secondary N) is 1. The van der Waals surface area contributed by atoms with Crippen molar-refractivity contribution in [2.75, 3.05) is 27.3 Å². The molecule has 3 rings (SSSR count). The van der Waals surface area contributed by atoms with Crippen LogP contribution in [0.5, 0.6) is 11.5 Å². The van der Waals surface area contributed by atoms with Gasteiger partial charge in [0.25, 0.3) is 5.91 Å². The molecule has 1 saturated heterocycles. The molecule has 158 valence electrons. The third-order valence-electron chi connectivity index (χ3n) is 5.03. The monoisotopic (exact) mass is 429 g/mol. The van der Waals surface area contributed by atoms with E-state index < -0.39 is 0 Å². The van der Waals surface area contributed by atoms with Crippen LogP contribution < -0.4 is 14.9 Å². The van der Waals surface area contributed by atoms with Crippen LogP contribution in [0.15, 0.2) is 47.6 Å². The zero-order valence-electron chi connectivity index (χ0n) is 16.9. The Hall–Kier alpha value is -3.06. The van der Waals surface area contributed by atoms with Crippen LogP contribution in [0, 0.1) is 5.92 Å². The van der Waals surface area contributed by atoms with Crippen LogP contribution in [-0.2, 0) is 4.79 Å². The van der Waals surface area contributed by atoms with Gasteiger partial charge in [0.15, 0.2) is 0 Å². The molecule has 0 unspecified atom stereocenters. The molecule has 0 bridgehead atoms. The number of benzene rings is 2. The van der Waals surface area contributed by atoms with Gasteiger partial charge in [-0.2, -0.15) is 5.10 Å². The number of hydrogen-bond acceptors (Lipinski definition) is 5. The molecule has 7 nitrogen and oxygen atoms in total. The molecule has 0 aliphatic carbocycles. The van der Waals surface area contributed by atoms with E-state index in [4.69, 9.17) is 21.1 Å². The smallest absolute Gasteiger partial charge is 0.254 e. The Morgan fingerprint density at radius 3 is 2.33 bits per heavy atom. The Bertz CT molecular complexity index is 917. The van der Waals surface area contributed by atoms with Gasteiger partial charge in [0.2, 0.25) is 5.91 Å². The van der Waals surface area contributed by atoms with E-state index in [0.717, 1.165) is 5.56 Å². The van der Waals surface area contributed by atoms with E-state index in [1.165, 1.54) is 6.21 Å². The van der Waals surface area contributed by atoms with Gasteiger partial charge < -0.3 is 14.4 Å². The fourth-order valence-corrected chi connectivity index (χ4v) is 3.48. The zero-order chi connectivity index (χ0) is 21.5. The number of piperidine rings is 1. The highest BCUT2D eigenvalue weighted by atomic mass is 35.5. The van der Waals surface area contributed by atoms with Crippen molar-refractivity contribution in [1.29, 1.82) is 0 Å². The summed E-state index contributed by atoms with van der Waals surface area (Å²) >= 11 is 6.07. The van der Waals surface area contributed by atoms with Crippen LogP contribution in [0.4, 0.5) is 0 Å². The number of hydrogen-bond donors (Lipinski definition) is 1. The minimum Gasteiger partial charge on any atom is -0.497 e. The number of likely N-dealkylation sites (tertiary alicyclic amines) is 1. The third kappa shape index (κ3) is 5.30. The molecule has 2 aromatic rings. The maximum Gasteiger partial charge on any atom is 0.254 e. The lowest BCUT2D eigenvalue weighted by atomic mass is 9.95. The van der Waals surface area contributed by atoms with Crippen molar-refractivity contribution in [3.8, 4) is 11.5 Å². The fourth-order valence-electron chi connectivity index (χ4n) is 3.29. The summed E-state index contributed by atoms with van der Waals surface area (Å²) in [5.74, 6) is 0.653. The molecule has 8 heteroatoms. The van der Waals surface area contributed by atoms with E-state index in [0.29, 0.717) is 48.0 Å². The lowest BCUT2D eigenvalue weighted by molar-refractivity contribution is -0.126. The summed E-state index contributed by atoms with van der Waals surface area (Å²) in [4.78, 5) is 27.0. The van der Waals surface area contributed by atoms with Gasteiger partial charge in [-0.25, -0.2) is 5.43 Å². The second-order valence-electron chi connectivity index (χ2n) is 6.92. The normalized spacial score (nSPS) is 14.6. The van der Waals surface area contributed by atoms with E-state index >= 15 is 0 Å². The van der Waals surface area contributed by atoms with Crippen molar-refractivity contribution in [3.63, 3.8) is 0 Å². The number of amides is 2. The first-order valence-electron chi connectivity index (χ1n) is 9.61. The van der Waals surface area contributed by atoms with Crippen molar-refractivity contribution in [3.05, 3.63) is 58.6 Å².